The van der Waals surface area contributed by atoms with Crippen LogP contribution >= 0.6 is 0 Å². The average Bonchev–Trinajstić information content (AvgIpc) is 3.62. The standard InChI is InChI=1S/C28H25F3N6O2/c29-28(30,31)20-8-10-21(11-9-20)34-27(39)35-22-7-3-6-19(14-22)25-23(16-33-37-25)18-12-13-32-24(15-18)36-26(38)17-4-1-2-5-17/h3,6-17H,1-2,4-5H2,(H,33,37)(H,32,36,38)(H2,34,35,39). The van der Waals surface area contributed by atoms with Crippen molar-refractivity contribution in [1.29, 1.82) is 0 Å². The van der Waals surface area contributed by atoms with E-state index in [0.29, 0.717) is 22.8 Å². The highest BCUT2D eigenvalue weighted by Gasteiger charge is 2.30. The van der Waals surface area contributed by atoms with Crippen LogP contribution in [0.3, 0.4) is 0 Å². The van der Waals surface area contributed by atoms with Crippen LogP contribution in [0.4, 0.5) is 35.2 Å². The number of carbonyl (C=O) groups is 2. The number of aromatic amines is 1. The van der Waals surface area contributed by atoms with Crippen molar-refractivity contribution in [2.45, 2.75) is 31.9 Å². The summed E-state index contributed by atoms with van der Waals surface area (Å²) in [5, 5.41) is 15.4. The van der Waals surface area contributed by atoms with Crippen LogP contribution in [0.5, 0.6) is 0 Å². The Kier molecular flexibility index (Phi) is 7.31. The van der Waals surface area contributed by atoms with Crippen LogP contribution in [0.2, 0.25) is 0 Å². The lowest BCUT2D eigenvalue weighted by Gasteiger charge is -2.11. The quantitative estimate of drug-likeness (QED) is 0.215. The molecule has 0 bridgehead atoms. The predicted octanol–water partition coefficient (Wildman–Crippen LogP) is 6.93. The highest BCUT2D eigenvalue weighted by molar-refractivity contribution is 6.00. The van der Waals surface area contributed by atoms with Gasteiger partial charge in [0.2, 0.25) is 5.91 Å². The molecule has 4 N–H and O–H groups in total. The number of amides is 3. The first-order valence-electron chi connectivity index (χ1n) is 12.4. The van der Waals surface area contributed by atoms with E-state index in [0.717, 1.165) is 48.9 Å². The number of H-pyrrole nitrogens is 1. The second-order valence-electron chi connectivity index (χ2n) is 9.28. The van der Waals surface area contributed by atoms with Crippen molar-refractivity contribution in [3.05, 3.63) is 78.6 Å². The third-order valence-corrected chi connectivity index (χ3v) is 6.55. The van der Waals surface area contributed by atoms with E-state index in [1.807, 2.05) is 12.1 Å². The van der Waals surface area contributed by atoms with Crippen LogP contribution in [0.1, 0.15) is 31.2 Å². The number of urea groups is 1. The normalized spacial score (nSPS) is 13.7. The number of anilines is 3. The van der Waals surface area contributed by atoms with Crippen molar-refractivity contribution in [1.82, 2.24) is 15.2 Å². The number of nitrogens with zero attached hydrogens (tertiary/aromatic N) is 2. The van der Waals surface area contributed by atoms with Gasteiger partial charge in [0.25, 0.3) is 0 Å². The SMILES string of the molecule is O=C(Nc1ccc(C(F)(F)F)cc1)Nc1cccc(-c2n[nH]cc2-c2ccnc(NC(=O)C3CCCC3)c2)c1. The van der Waals surface area contributed by atoms with Crippen molar-refractivity contribution in [3.63, 3.8) is 0 Å². The molecular weight excluding hydrogens is 509 g/mol. The maximum atomic E-state index is 12.8. The van der Waals surface area contributed by atoms with Crippen molar-refractivity contribution < 1.29 is 22.8 Å². The maximum Gasteiger partial charge on any atom is 0.416 e. The molecule has 1 saturated carbocycles. The number of nitrogens with one attached hydrogen (secondary N) is 4. The van der Waals surface area contributed by atoms with Gasteiger partial charge in [-0.05, 0) is 66.9 Å². The van der Waals surface area contributed by atoms with Gasteiger partial charge in [-0.2, -0.15) is 18.3 Å². The summed E-state index contributed by atoms with van der Waals surface area (Å²) in [6, 6.07) is 14.2. The predicted molar refractivity (Wildman–Crippen MR) is 142 cm³/mol. The minimum Gasteiger partial charge on any atom is -0.310 e. The molecule has 0 radical (unpaired) electrons. The highest BCUT2D eigenvalue weighted by Crippen LogP contribution is 2.33. The summed E-state index contributed by atoms with van der Waals surface area (Å²) in [6.07, 6.45) is 2.83. The second-order valence-corrected chi connectivity index (χ2v) is 9.28. The molecule has 4 aromatic rings. The lowest BCUT2D eigenvalue weighted by Crippen LogP contribution is -2.20. The summed E-state index contributed by atoms with van der Waals surface area (Å²) < 4.78 is 38.3. The molecule has 0 saturated heterocycles. The van der Waals surface area contributed by atoms with Crippen molar-refractivity contribution >= 4 is 29.1 Å². The molecule has 8 nitrogen and oxygen atoms in total. The van der Waals surface area contributed by atoms with E-state index in [1.54, 1.807) is 36.7 Å². The van der Waals surface area contributed by atoms with Crippen LogP contribution in [-0.2, 0) is 11.0 Å². The molecule has 5 rings (SSSR count). The number of hydrogen-bond acceptors (Lipinski definition) is 4. The summed E-state index contributed by atoms with van der Waals surface area (Å²) in [6.45, 7) is 0. The van der Waals surface area contributed by atoms with Crippen molar-refractivity contribution in [2.75, 3.05) is 16.0 Å². The molecular formula is C28H25F3N6O2. The van der Waals surface area contributed by atoms with Crippen LogP contribution in [-0.4, -0.2) is 27.1 Å². The highest BCUT2D eigenvalue weighted by atomic mass is 19.4. The second kappa shape index (κ2) is 11.0. The lowest BCUT2D eigenvalue weighted by atomic mass is 10.0. The van der Waals surface area contributed by atoms with Gasteiger partial charge in [-0.3, -0.25) is 9.89 Å². The number of alkyl halides is 3. The average molecular weight is 535 g/mol. The topological polar surface area (TPSA) is 112 Å². The summed E-state index contributed by atoms with van der Waals surface area (Å²) in [5.41, 5.74) is 2.81. The Balaban J connectivity index is 1.29. The molecule has 11 heteroatoms. The summed E-state index contributed by atoms with van der Waals surface area (Å²) in [5.74, 6) is 0.469. The number of halogens is 3. The minimum atomic E-state index is -4.45. The number of benzene rings is 2. The fraction of sp³-hybridized carbons (Fsp3) is 0.214. The van der Waals surface area contributed by atoms with Crippen molar-refractivity contribution in [3.8, 4) is 22.4 Å². The molecule has 1 aliphatic rings. The zero-order chi connectivity index (χ0) is 27.4. The minimum absolute atomic E-state index is 0.0158. The van der Waals surface area contributed by atoms with Gasteiger partial charge < -0.3 is 16.0 Å². The van der Waals surface area contributed by atoms with Crippen LogP contribution in [0, 0.1) is 5.92 Å². The van der Waals surface area contributed by atoms with Crippen LogP contribution in [0.15, 0.2) is 73.1 Å². The number of carbonyl (C=O) groups excluding carboxylic acids is 2. The first-order valence-corrected chi connectivity index (χ1v) is 12.4. The molecule has 0 unspecified atom stereocenters. The zero-order valence-electron chi connectivity index (χ0n) is 20.7. The molecule has 0 atom stereocenters. The van der Waals surface area contributed by atoms with Gasteiger partial charge in [0.05, 0.1) is 11.3 Å². The molecule has 200 valence electrons. The molecule has 2 aromatic carbocycles. The first kappa shape index (κ1) is 26.0. The van der Waals surface area contributed by atoms with Gasteiger partial charge in [0.15, 0.2) is 0 Å². The lowest BCUT2D eigenvalue weighted by molar-refractivity contribution is -0.137. The fourth-order valence-electron chi connectivity index (χ4n) is 4.59. The van der Waals surface area contributed by atoms with E-state index in [2.05, 4.69) is 31.1 Å². The van der Waals surface area contributed by atoms with Crippen molar-refractivity contribution in [2.24, 2.45) is 5.92 Å². The Labute approximate surface area is 222 Å². The Morgan fingerprint density at radius 2 is 1.62 bits per heavy atom. The Hall–Kier alpha value is -4.67. The third-order valence-electron chi connectivity index (χ3n) is 6.55. The smallest absolute Gasteiger partial charge is 0.310 e. The first-order chi connectivity index (χ1) is 18.8. The van der Waals surface area contributed by atoms with Gasteiger partial charge in [-0.25, -0.2) is 9.78 Å². The molecule has 0 spiro atoms. The van der Waals surface area contributed by atoms with Crippen LogP contribution in [0.25, 0.3) is 22.4 Å². The van der Waals surface area contributed by atoms with E-state index in [-0.39, 0.29) is 17.5 Å². The summed E-state index contributed by atoms with van der Waals surface area (Å²) in [4.78, 5) is 29.3. The summed E-state index contributed by atoms with van der Waals surface area (Å²) >= 11 is 0. The van der Waals surface area contributed by atoms with Gasteiger partial charge >= 0.3 is 12.2 Å². The number of hydrogen-bond donors (Lipinski definition) is 4. The molecule has 2 aromatic heterocycles. The van der Waals surface area contributed by atoms with E-state index in [4.69, 9.17) is 0 Å². The molecule has 3 amide bonds. The van der Waals surface area contributed by atoms with E-state index in [9.17, 15) is 22.8 Å². The maximum absolute atomic E-state index is 12.8. The molecule has 0 aliphatic heterocycles. The molecule has 39 heavy (non-hydrogen) atoms. The summed E-state index contributed by atoms with van der Waals surface area (Å²) in [7, 11) is 0. The fourth-order valence-corrected chi connectivity index (χ4v) is 4.59. The number of rotatable bonds is 6. The Bertz CT molecular complexity index is 1480. The Morgan fingerprint density at radius 1 is 0.872 bits per heavy atom. The van der Waals surface area contributed by atoms with Gasteiger partial charge in [-0.1, -0.05) is 25.0 Å². The van der Waals surface area contributed by atoms with E-state index in [1.165, 1.54) is 12.1 Å². The van der Waals surface area contributed by atoms with Gasteiger partial charge in [0.1, 0.15) is 5.82 Å². The third kappa shape index (κ3) is 6.25. The number of pyridine rings is 1. The van der Waals surface area contributed by atoms with Crippen LogP contribution < -0.4 is 16.0 Å². The number of aromatic nitrogens is 3. The van der Waals surface area contributed by atoms with Gasteiger partial charge in [0, 0.05) is 40.8 Å². The largest absolute Gasteiger partial charge is 0.416 e. The van der Waals surface area contributed by atoms with E-state index < -0.39 is 17.8 Å². The van der Waals surface area contributed by atoms with Gasteiger partial charge in [-0.15, -0.1) is 0 Å². The zero-order valence-corrected chi connectivity index (χ0v) is 20.7. The monoisotopic (exact) mass is 534 g/mol. The molecule has 1 fully saturated rings. The molecule has 2 heterocycles. The Morgan fingerprint density at radius 3 is 2.36 bits per heavy atom. The van der Waals surface area contributed by atoms with E-state index >= 15 is 0 Å². The molecule has 1 aliphatic carbocycles.